The van der Waals surface area contributed by atoms with Crippen LogP contribution in [-0.2, 0) is 0 Å². The Morgan fingerprint density at radius 3 is 2.24 bits per heavy atom. The van der Waals surface area contributed by atoms with Gasteiger partial charge in [-0.1, -0.05) is 30.3 Å². The Kier molecular flexibility index (Phi) is 6.40. The number of amides is 2. The highest BCUT2D eigenvalue weighted by molar-refractivity contribution is 6.11. The SMILES string of the molecule is CNC(=O)c1c2ccc(-c3cccc(NC(=O)c4ccccc4C(=O)O)c3)cc2nn1-c1ccc(F)cc1. The Hall–Kier alpha value is -5.31. The van der Waals surface area contributed by atoms with E-state index >= 15 is 0 Å². The molecule has 5 rings (SSSR count). The molecule has 5 aromatic rings. The number of nitrogens with one attached hydrogen (secondary N) is 2. The second-order valence-electron chi connectivity index (χ2n) is 8.43. The van der Waals surface area contributed by atoms with Crippen LogP contribution >= 0.6 is 0 Å². The average molecular weight is 509 g/mol. The molecule has 0 aliphatic rings. The van der Waals surface area contributed by atoms with Crippen LogP contribution in [0.25, 0.3) is 27.7 Å². The Balaban J connectivity index is 1.51. The van der Waals surface area contributed by atoms with Gasteiger partial charge in [0.15, 0.2) is 0 Å². The number of aromatic carboxylic acids is 1. The predicted molar refractivity (Wildman–Crippen MR) is 141 cm³/mol. The molecule has 9 heteroatoms. The van der Waals surface area contributed by atoms with Crippen LogP contribution in [0.5, 0.6) is 0 Å². The minimum Gasteiger partial charge on any atom is -0.478 e. The Morgan fingerprint density at radius 2 is 1.53 bits per heavy atom. The molecule has 38 heavy (non-hydrogen) atoms. The Bertz CT molecular complexity index is 1710. The lowest BCUT2D eigenvalue weighted by molar-refractivity contribution is 0.0692. The third-order valence-electron chi connectivity index (χ3n) is 6.04. The van der Waals surface area contributed by atoms with Crippen molar-refractivity contribution >= 4 is 34.4 Å². The van der Waals surface area contributed by atoms with Gasteiger partial charge in [0, 0.05) is 18.1 Å². The highest BCUT2D eigenvalue weighted by Gasteiger charge is 2.20. The van der Waals surface area contributed by atoms with Crippen LogP contribution in [0.2, 0.25) is 0 Å². The molecule has 0 spiro atoms. The predicted octanol–water partition coefficient (Wildman–Crippen LogP) is 5.14. The number of nitrogens with zero attached hydrogens (tertiary/aromatic N) is 2. The van der Waals surface area contributed by atoms with Gasteiger partial charge in [-0.2, -0.15) is 5.10 Å². The molecule has 0 atom stereocenters. The molecule has 3 N–H and O–H groups in total. The zero-order valence-corrected chi connectivity index (χ0v) is 20.1. The van der Waals surface area contributed by atoms with Crippen molar-refractivity contribution in [1.82, 2.24) is 15.1 Å². The van der Waals surface area contributed by atoms with E-state index in [1.807, 2.05) is 18.2 Å². The highest BCUT2D eigenvalue weighted by atomic mass is 19.1. The molecule has 0 unspecified atom stereocenters. The summed E-state index contributed by atoms with van der Waals surface area (Å²) in [5.41, 5.74) is 3.41. The number of carboxylic acid groups (broad SMARTS) is 1. The largest absolute Gasteiger partial charge is 0.478 e. The molecule has 0 aliphatic carbocycles. The standard InChI is InChI=1S/C29H21FN4O4/c1-31-28(36)26-24-14-9-18(16-25(24)33-34(26)21-12-10-19(30)11-13-21)17-5-4-6-20(15-17)32-27(35)22-7-2-3-8-23(22)29(37)38/h2-16H,1H3,(H,31,36)(H,32,35)(H,37,38). The van der Waals surface area contributed by atoms with E-state index in [4.69, 9.17) is 0 Å². The number of benzene rings is 4. The first kappa shape index (κ1) is 24.4. The third-order valence-corrected chi connectivity index (χ3v) is 6.04. The van der Waals surface area contributed by atoms with Crippen LogP contribution in [0.15, 0.2) is 91.0 Å². The first-order chi connectivity index (χ1) is 18.4. The van der Waals surface area contributed by atoms with Gasteiger partial charge < -0.3 is 15.7 Å². The van der Waals surface area contributed by atoms with Crippen LogP contribution in [0.4, 0.5) is 10.1 Å². The van der Waals surface area contributed by atoms with Gasteiger partial charge in [0.25, 0.3) is 11.8 Å². The number of aromatic nitrogens is 2. The van der Waals surface area contributed by atoms with Crippen LogP contribution in [0.3, 0.4) is 0 Å². The van der Waals surface area contributed by atoms with E-state index < -0.39 is 17.7 Å². The number of carboxylic acids is 1. The summed E-state index contributed by atoms with van der Waals surface area (Å²) in [6.45, 7) is 0. The molecule has 1 heterocycles. The van der Waals surface area contributed by atoms with Crippen LogP contribution < -0.4 is 10.6 Å². The molecule has 0 saturated carbocycles. The number of rotatable bonds is 6. The maximum Gasteiger partial charge on any atom is 0.336 e. The normalized spacial score (nSPS) is 10.8. The molecule has 0 aliphatic heterocycles. The molecular weight excluding hydrogens is 487 g/mol. The van der Waals surface area contributed by atoms with E-state index in [-0.39, 0.29) is 17.0 Å². The van der Waals surface area contributed by atoms with Crippen molar-refractivity contribution in [2.24, 2.45) is 0 Å². The molecule has 0 bridgehead atoms. The quantitative estimate of drug-likeness (QED) is 0.294. The fraction of sp³-hybridized carbons (Fsp3) is 0.0345. The third kappa shape index (κ3) is 4.60. The summed E-state index contributed by atoms with van der Waals surface area (Å²) in [4.78, 5) is 37.0. The maximum absolute atomic E-state index is 13.5. The Morgan fingerprint density at radius 1 is 0.816 bits per heavy atom. The lowest BCUT2D eigenvalue weighted by Crippen LogP contribution is -2.21. The Labute approximate surface area is 216 Å². The number of anilines is 1. The summed E-state index contributed by atoms with van der Waals surface area (Å²) < 4.78 is 15.0. The van der Waals surface area contributed by atoms with Crippen molar-refractivity contribution in [2.45, 2.75) is 0 Å². The zero-order valence-electron chi connectivity index (χ0n) is 20.1. The van der Waals surface area contributed by atoms with Crippen molar-refractivity contribution in [2.75, 3.05) is 12.4 Å². The summed E-state index contributed by atoms with van der Waals surface area (Å²) in [6, 6.07) is 24.2. The van der Waals surface area contributed by atoms with Gasteiger partial charge in [-0.3, -0.25) is 9.59 Å². The summed E-state index contributed by atoms with van der Waals surface area (Å²) in [6.07, 6.45) is 0. The number of halogens is 1. The van der Waals surface area contributed by atoms with Gasteiger partial charge in [0.05, 0.1) is 22.3 Å². The van der Waals surface area contributed by atoms with Gasteiger partial charge in [-0.25, -0.2) is 13.9 Å². The van der Waals surface area contributed by atoms with Crippen LogP contribution in [-0.4, -0.2) is 39.7 Å². The van der Waals surface area contributed by atoms with E-state index in [1.54, 1.807) is 48.5 Å². The lowest BCUT2D eigenvalue weighted by Gasteiger charge is -2.09. The van der Waals surface area contributed by atoms with Gasteiger partial charge in [-0.15, -0.1) is 0 Å². The van der Waals surface area contributed by atoms with Crippen molar-refractivity contribution in [3.63, 3.8) is 0 Å². The number of carbonyl (C=O) groups excluding carboxylic acids is 2. The van der Waals surface area contributed by atoms with Crippen molar-refractivity contribution in [1.29, 1.82) is 0 Å². The van der Waals surface area contributed by atoms with Crippen molar-refractivity contribution < 1.29 is 23.9 Å². The summed E-state index contributed by atoms with van der Waals surface area (Å²) in [5.74, 6) is -2.46. The number of carbonyl (C=O) groups is 3. The monoisotopic (exact) mass is 508 g/mol. The fourth-order valence-electron chi connectivity index (χ4n) is 4.21. The number of hydrogen-bond acceptors (Lipinski definition) is 4. The molecule has 0 fully saturated rings. The maximum atomic E-state index is 13.5. The van der Waals surface area contributed by atoms with E-state index in [0.717, 1.165) is 11.1 Å². The number of fused-ring (bicyclic) bond motifs is 1. The smallest absolute Gasteiger partial charge is 0.336 e. The van der Waals surface area contributed by atoms with Gasteiger partial charge >= 0.3 is 5.97 Å². The summed E-state index contributed by atoms with van der Waals surface area (Å²) in [5, 5.41) is 20.0. The van der Waals surface area contributed by atoms with Crippen LogP contribution in [0.1, 0.15) is 31.2 Å². The molecule has 188 valence electrons. The molecule has 2 amide bonds. The van der Waals surface area contributed by atoms with Gasteiger partial charge in [0.1, 0.15) is 11.5 Å². The topological polar surface area (TPSA) is 113 Å². The molecule has 0 saturated heterocycles. The van der Waals surface area contributed by atoms with Crippen LogP contribution in [0, 0.1) is 5.82 Å². The van der Waals surface area contributed by atoms with E-state index in [9.17, 15) is 23.9 Å². The van der Waals surface area contributed by atoms with E-state index in [0.29, 0.717) is 28.0 Å². The minimum absolute atomic E-state index is 0.0554. The van der Waals surface area contributed by atoms with Gasteiger partial charge in [0.2, 0.25) is 0 Å². The zero-order chi connectivity index (χ0) is 26.8. The first-order valence-corrected chi connectivity index (χ1v) is 11.6. The molecular formula is C29H21FN4O4. The molecule has 0 radical (unpaired) electrons. The summed E-state index contributed by atoms with van der Waals surface area (Å²) >= 11 is 0. The fourth-order valence-corrected chi connectivity index (χ4v) is 4.21. The summed E-state index contributed by atoms with van der Waals surface area (Å²) in [7, 11) is 1.53. The lowest BCUT2D eigenvalue weighted by atomic mass is 10.0. The molecule has 4 aromatic carbocycles. The molecule has 8 nitrogen and oxygen atoms in total. The van der Waals surface area contributed by atoms with Crippen molar-refractivity contribution in [3.05, 3.63) is 114 Å². The number of hydrogen-bond donors (Lipinski definition) is 3. The average Bonchev–Trinajstić information content (AvgIpc) is 3.32. The van der Waals surface area contributed by atoms with Gasteiger partial charge in [-0.05, 0) is 71.8 Å². The highest BCUT2D eigenvalue weighted by Crippen LogP contribution is 2.29. The van der Waals surface area contributed by atoms with Crippen molar-refractivity contribution in [3.8, 4) is 16.8 Å². The van der Waals surface area contributed by atoms with E-state index in [1.165, 1.54) is 36.0 Å². The first-order valence-electron chi connectivity index (χ1n) is 11.6. The second-order valence-corrected chi connectivity index (χ2v) is 8.43. The minimum atomic E-state index is -1.19. The molecule has 1 aromatic heterocycles. The van der Waals surface area contributed by atoms with E-state index in [2.05, 4.69) is 15.7 Å². The second kappa shape index (κ2) is 9.98.